The van der Waals surface area contributed by atoms with E-state index in [-0.39, 0.29) is 0 Å². The summed E-state index contributed by atoms with van der Waals surface area (Å²) in [6, 6.07) is 0.510. The van der Waals surface area contributed by atoms with Crippen LogP contribution in [0.1, 0.15) is 32.3 Å². The summed E-state index contributed by atoms with van der Waals surface area (Å²) in [5, 5.41) is 11.1. The van der Waals surface area contributed by atoms with Gasteiger partial charge in [0.25, 0.3) is 0 Å². The van der Waals surface area contributed by atoms with Gasteiger partial charge in [-0.05, 0) is 5.92 Å². The Hall–Kier alpha value is -1.60. The molecule has 7 heteroatoms. The van der Waals surface area contributed by atoms with Crippen molar-refractivity contribution >= 4 is 5.96 Å². The molecule has 1 aliphatic rings. The summed E-state index contributed by atoms with van der Waals surface area (Å²) in [5.74, 6) is 1.52. The number of aryl methyl sites for hydroxylation is 1. The molecular weight excluding hydrogens is 316 g/mol. The zero-order valence-corrected chi connectivity index (χ0v) is 16.2. The fourth-order valence-corrected chi connectivity index (χ4v) is 3.51. The maximum absolute atomic E-state index is 5.53. The summed E-state index contributed by atoms with van der Waals surface area (Å²) < 4.78 is 7.34. The van der Waals surface area contributed by atoms with Gasteiger partial charge in [0, 0.05) is 58.1 Å². The number of nitrogens with zero attached hydrogens (tertiary/aromatic N) is 4. The van der Waals surface area contributed by atoms with Gasteiger partial charge in [0.15, 0.2) is 5.96 Å². The van der Waals surface area contributed by atoms with Crippen LogP contribution < -0.4 is 10.6 Å². The smallest absolute Gasteiger partial charge is 0.191 e. The third kappa shape index (κ3) is 6.01. The molecule has 2 rings (SSSR count). The van der Waals surface area contributed by atoms with E-state index in [4.69, 9.17) is 4.74 Å². The molecule has 0 bridgehead atoms. The van der Waals surface area contributed by atoms with E-state index in [0.29, 0.717) is 12.0 Å². The Bertz CT molecular complexity index is 519. The molecule has 1 aromatic heterocycles. The molecule has 25 heavy (non-hydrogen) atoms. The predicted octanol–water partition coefficient (Wildman–Crippen LogP) is 1.22. The lowest BCUT2D eigenvalue weighted by Gasteiger charge is -2.39. The maximum Gasteiger partial charge on any atom is 0.191 e. The zero-order valence-electron chi connectivity index (χ0n) is 16.2. The highest BCUT2D eigenvalue weighted by molar-refractivity contribution is 5.79. The van der Waals surface area contributed by atoms with Crippen molar-refractivity contribution in [1.29, 1.82) is 0 Å². The SMILES string of the molecule is CCC(CC)C(CNC(=NC)NCc1cnn(C)c1)N1CCOCC1. The van der Waals surface area contributed by atoms with Crippen molar-refractivity contribution in [1.82, 2.24) is 25.3 Å². The van der Waals surface area contributed by atoms with Crippen LogP contribution in [-0.2, 0) is 18.3 Å². The van der Waals surface area contributed by atoms with Gasteiger partial charge in [-0.25, -0.2) is 0 Å². The Morgan fingerprint density at radius 1 is 1.28 bits per heavy atom. The van der Waals surface area contributed by atoms with E-state index in [0.717, 1.165) is 50.9 Å². The van der Waals surface area contributed by atoms with Gasteiger partial charge in [-0.2, -0.15) is 5.10 Å². The molecule has 1 unspecified atom stereocenters. The molecule has 1 atom stereocenters. The van der Waals surface area contributed by atoms with Crippen LogP contribution in [0.2, 0.25) is 0 Å². The van der Waals surface area contributed by atoms with Crippen molar-refractivity contribution in [3.8, 4) is 0 Å². The van der Waals surface area contributed by atoms with Crippen molar-refractivity contribution in [2.45, 2.75) is 39.3 Å². The highest BCUT2D eigenvalue weighted by atomic mass is 16.5. The summed E-state index contributed by atoms with van der Waals surface area (Å²) in [6.45, 7) is 9.92. The van der Waals surface area contributed by atoms with Gasteiger partial charge < -0.3 is 15.4 Å². The van der Waals surface area contributed by atoms with Crippen LogP contribution >= 0.6 is 0 Å². The summed E-state index contributed by atoms with van der Waals surface area (Å²) in [7, 11) is 3.75. The van der Waals surface area contributed by atoms with Gasteiger partial charge >= 0.3 is 0 Å². The van der Waals surface area contributed by atoms with Crippen LogP contribution in [0.4, 0.5) is 0 Å². The van der Waals surface area contributed by atoms with E-state index >= 15 is 0 Å². The first kappa shape index (κ1) is 19.7. The van der Waals surface area contributed by atoms with Gasteiger partial charge in [0.2, 0.25) is 0 Å². The number of aromatic nitrogens is 2. The first-order valence-corrected chi connectivity index (χ1v) is 9.41. The first-order valence-electron chi connectivity index (χ1n) is 9.41. The van der Waals surface area contributed by atoms with E-state index in [9.17, 15) is 0 Å². The van der Waals surface area contributed by atoms with Crippen LogP contribution in [0.15, 0.2) is 17.4 Å². The standard InChI is InChI=1S/C18H34N6O/c1-5-16(6-2)17(24-7-9-25-10-8-24)13-21-18(19-3)20-11-15-12-22-23(4)14-15/h12,14,16-17H,5-11,13H2,1-4H3,(H2,19,20,21). The van der Waals surface area contributed by atoms with Crippen molar-refractivity contribution < 1.29 is 4.74 Å². The van der Waals surface area contributed by atoms with E-state index in [1.54, 1.807) is 0 Å². The quantitative estimate of drug-likeness (QED) is 0.545. The summed E-state index contributed by atoms with van der Waals surface area (Å²) in [4.78, 5) is 6.93. The third-order valence-electron chi connectivity index (χ3n) is 5.03. The average molecular weight is 351 g/mol. The Balaban J connectivity index is 1.89. The molecule has 2 heterocycles. The highest BCUT2D eigenvalue weighted by Crippen LogP contribution is 2.19. The van der Waals surface area contributed by atoms with Crippen molar-refractivity contribution in [3.63, 3.8) is 0 Å². The molecule has 0 spiro atoms. The van der Waals surface area contributed by atoms with Crippen LogP contribution in [-0.4, -0.2) is 66.6 Å². The molecule has 142 valence electrons. The van der Waals surface area contributed by atoms with Crippen LogP contribution in [0.25, 0.3) is 0 Å². The molecule has 0 amide bonds. The van der Waals surface area contributed by atoms with Gasteiger partial charge in [-0.15, -0.1) is 0 Å². The van der Waals surface area contributed by atoms with Gasteiger partial charge in [-0.1, -0.05) is 26.7 Å². The largest absolute Gasteiger partial charge is 0.379 e. The number of morpholine rings is 1. The van der Waals surface area contributed by atoms with E-state index in [1.165, 1.54) is 12.8 Å². The Morgan fingerprint density at radius 3 is 2.56 bits per heavy atom. The number of rotatable bonds is 8. The second-order valence-corrected chi connectivity index (χ2v) is 6.62. The molecule has 1 fully saturated rings. The lowest BCUT2D eigenvalue weighted by molar-refractivity contribution is 0.00272. The predicted molar refractivity (Wildman–Crippen MR) is 102 cm³/mol. The molecule has 0 aliphatic carbocycles. The Kier molecular flexibility index (Phi) is 8.21. The molecule has 1 aromatic rings. The summed E-state index contributed by atoms with van der Waals surface area (Å²) in [5.41, 5.74) is 1.15. The first-order chi connectivity index (χ1) is 12.2. The number of ether oxygens (including phenoxy) is 1. The number of hydrogen-bond donors (Lipinski definition) is 2. The normalized spacial score (nSPS) is 17.7. The van der Waals surface area contributed by atoms with E-state index < -0.39 is 0 Å². The molecule has 2 N–H and O–H groups in total. The van der Waals surface area contributed by atoms with Gasteiger partial charge in [0.1, 0.15) is 0 Å². The van der Waals surface area contributed by atoms with Crippen molar-refractivity contribution in [2.24, 2.45) is 18.0 Å². The van der Waals surface area contributed by atoms with Crippen LogP contribution in [0, 0.1) is 5.92 Å². The monoisotopic (exact) mass is 350 g/mol. The third-order valence-corrected chi connectivity index (χ3v) is 5.03. The zero-order chi connectivity index (χ0) is 18.1. The lowest BCUT2D eigenvalue weighted by Crippen LogP contribution is -2.53. The number of nitrogens with one attached hydrogen (secondary N) is 2. The van der Waals surface area contributed by atoms with E-state index in [1.807, 2.05) is 31.2 Å². The van der Waals surface area contributed by atoms with Crippen LogP contribution in [0.3, 0.4) is 0 Å². The Labute approximate surface area is 151 Å². The minimum Gasteiger partial charge on any atom is -0.379 e. The van der Waals surface area contributed by atoms with Crippen molar-refractivity contribution in [3.05, 3.63) is 18.0 Å². The maximum atomic E-state index is 5.53. The van der Waals surface area contributed by atoms with Crippen molar-refractivity contribution in [2.75, 3.05) is 39.9 Å². The fourth-order valence-electron chi connectivity index (χ4n) is 3.51. The van der Waals surface area contributed by atoms with E-state index in [2.05, 4.69) is 39.5 Å². The lowest BCUT2D eigenvalue weighted by atomic mass is 9.92. The van der Waals surface area contributed by atoms with Crippen LogP contribution in [0.5, 0.6) is 0 Å². The molecule has 0 aromatic carbocycles. The molecule has 0 radical (unpaired) electrons. The number of guanidine groups is 1. The summed E-state index contributed by atoms with van der Waals surface area (Å²) in [6.07, 6.45) is 6.28. The molecule has 1 aliphatic heterocycles. The van der Waals surface area contributed by atoms with Gasteiger partial charge in [0.05, 0.1) is 19.4 Å². The average Bonchev–Trinajstić information content (AvgIpc) is 3.07. The fraction of sp³-hybridized carbons (Fsp3) is 0.778. The second-order valence-electron chi connectivity index (χ2n) is 6.62. The molecule has 7 nitrogen and oxygen atoms in total. The van der Waals surface area contributed by atoms with Gasteiger partial charge in [-0.3, -0.25) is 14.6 Å². The Morgan fingerprint density at radius 2 is 2.00 bits per heavy atom. The number of aliphatic imine (C=N–C) groups is 1. The molecule has 1 saturated heterocycles. The molecular formula is C18H34N6O. The topological polar surface area (TPSA) is 66.7 Å². The highest BCUT2D eigenvalue weighted by Gasteiger charge is 2.26. The minimum atomic E-state index is 0.510. The molecule has 0 saturated carbocycles. The summed E-state index contributed by atoms with van der Waals surface area (Å²) >= 11 is 0. The second kappa shape index (κ2) is 10.4. The number of hydrogen-bond acceptors (Lipinski definition) is 4. The minimum absolute atomic E-state index is 0.510.